The monoisotopic (exact) mass is 327 g/mol. The van der Waals surface area contributed by atoms with Gasteiger partial charge in [0.25, 0.3) is 0 Å². The van der Waals surface area contributed by atoms with Gasteiger partial charge >= 0.3 is 11.9 Å². The average molecular weight is 327 g/mol. The zero-order valence-electron chi connectivity index (χ0n) is 13.9. The first-order valence-electron chi connectivity index (χ1n) is 8.04. The van der Waals surface area contributed by atoms with Crippen molar-refractivity contribution >= 4 is 11.9 Å². The van der Waals surface area contributed by atoms with Gasteiger partial charge in [0.15, 0.2) is 11.5 Å². The Morgan fingerprint density at radius 1 is 1.33 bits per heavy atom. The zero-order valence-corrected chi connectivity index (χ0v) is 13.9. The van der Waals surface area contributed by atoms with Crippen molar-refractivity contribution in [1.29, 1.82) is 5.26 Å². The fraction of sp³-hybridized carbons (Fsp3) is 0.421. The van der Waals surface area contributed by atoms with E-state index >= 15 is 0 Å². The third kappa shape index (κ3) is 3.48. The molecule has 1 aliphatic rings. The number of hydrogen-bond donors (Lipinski definition) is 0. The molecule has 1 aromatic rings. The van der Waals surface area contributed by atoms with E-state index in [2.05, 4.69) is 6.07 Å². The van der Waals surface area contributed by atoms with E-state index < -0.39 is 23.5 Å². The Kier molecular flexibility index (Phi) is 5.75. The van der Waals surface area contributed by atoms with E-state index in [9.17, 15) is 14.9 Å². The SMILES string of the molecule is CCOC(=O)[C@H](C)OC(=O)[C@]1(C#N)CC=CC[C@H]1c1ccccc1. The Morgan fingerprint density at radius 3 is 2.67 bits per heavy atom. The Bertz CT molecular complexity index is 662. The van der Waals surface area contributed by atoms with E-state index in [1.807, 2.05) is 42.5 Å². The zero-order chi connectivity index (χ0) is 17.6. The van der Waals surface area contributed by atoms with Gasteiger partial charge in [-0.2, -0.15) is 5.26 Å². The first-order valence-corrected chi connectivity index (χ1v) is 8.04. The molecule has 0 radical (unpaired) electrons. The molecule has 3 atom stereocenters. The number of rotatable bonds is 5. The van der Waals surface area contributed by atoms with Crippen LogP contribution in [0.25, 0.3) is 0 Å². The minimum absolute atomic E-state index is 0.208. The second kappa shape index (κ2) is 7.78. The standard InChI is InChI=1S/C19H21NO4/c1-3-23-17(21)14(2)24-18(22)19(13-20)12-8-7-11-16(19)15-9-5-4-6-10-15/h4-10,14,16H,3,11-12H2,1-2H3/t14-,16-,19-/m0/s1. The van der Waals surface area contributed by atoms with Crippen molar-refractivity contribution in [3.8, 4) is 6.07 Å². The molecule has 0 bridgehead atoms. The van der Waals surface area contributed by atoms with E-state index in [-0.39, 0.29) is 18.9 Å². The second-order valence-corrected chi connectivity index (χ2v) is 5.76. The molecular weight excluding hydrogens is 306 g/mol. The van der Waals surface area contributed by atoms with Gasteiger partial charge in [-0.1, -0.05) is 42.5 Å². The van der Waals surface area contributed by atoms with Crippen LogP contribution in [0.1, 0.15) is 38.2 Å². The topological polar surface area (TPSA) is 76.4 Å². The summed E-state index contributed by atoms with van der Waals surface area (Å²) in [6.07, 6.45) is 3.58. The van der Waals surface area contributed by atoms with Gasteiger partial charge in [0.05, 0.1) is 12.7 Å². The highest BCUT2D eigenvalue weighted by Crippen LogP contribution is 2.45. The first kappa shape index (κ1) is 17.7. The number of esters is 2. The van der Waals surface area contributed by atoms with Crippen molar-refractivity contribution in [3.63, 3.8) is 0 Å². The quantitative estimate of drug-likeness (QED) is 0.613. The number of ether oxygens (including phenoxy) is 2. The maximum absolute atomic E-state index is 12.8. The van der Waals surface area contributed by atoms with E-state index in [4.69, 9.17) is 9.47 Å². The molecule has 5 heteroatoms. The highest BCUT2D eigenvalue weighted by atomic mass is 16.6. The molecule has 0 unspecified atom stereocenters. The van der Waals surface area contributed by atoms with Crippen LogP contribution in [0, 0.1) is 16.7 Å². The van der Waals surface area contributed by atoms with Crippen LogP contribution in [-0.4, -0.2) is 24.6 Å². The van der Waals surface area contributed by atoms with Gasteiger partial charge in [-0.3, -0.25) is 4.79 Å². The van der Waals surface area contributed by atoms with Gasteiger partial charge in [0.1, 0.15) is 0 Å². The third-order valence-corrected chi connectivity index (χ3v) is 4.24. The highest BCUT2D eigenvalue weighted by Gasteiger charge is 2.49. The fourth-order valence-electron chi connectivity index (χ4n) is 2.92. The van der Waals surface area contributed by atoms with Crippen molar-refractivity contribution < 1.29 is 19.1 Å². The molecule has 0 saturated carbocycles. The van der Waals surface area contributed by atoms with E-state index in [1.54, 1.807) is 6.92 Å². The lowest BCUT2D eigenvalue weighted by Gasteiger charge is -2.35. The van der Waals surface area contributed by atoms with Crippen LogP contribution in [0.2, 0.25) is 0 Å². The Labute approximate surface area is 141 Å². The van der Waals surface area contributed by atoms with Gasteiger partial charge in [-0.15, -0.1) is 0 Å². The van der Waals surface area contributed by atoms with Crippen molar-refractivity contribution in [3.05, 3.63) is 48.0 Å². The molecule has 0 amide bonds. The molecule has 1 aromatic carbocycles. The summed E-state index contributed by atoms with van der Waals surface area (Å²) < 4.78 is 10.1. The summed E-state index contributed by atoms with van der Waals surface area (Å²) in [5, 5.41) is 9.80. The lowest BCUT2D eigenvalue weighted by molar-refractivity contribution is -0.172. The van der Waals surface area contributed by atoms with E-state index in [1.165, 1.54) is 6.92 Å². The Hall–Kier alpha value is -2.61. The summed E-state index contributed by atoms with van der Waals surface area (Å²) in [4.78, 5) is 24.5. The molecule has 126 valence electrons. The molecule has 0 saturated heterocycles. The van der Waals surface area contributed by atoms with Crippen molar-refractivity contribution in [2.24, 2.45) is 5.41 Å². The Balaban J connectivity index is 2.28. The Morgan fingerprint density at radius 2 is 2.04 bits per heavy atom. The van der Waals surface area contributed by atoms with Crippen molar-refractivity contribution in [2.75, 3.05) is 6.61 Å². The molecule has 2 rings (SSSR count). The van der Waals surface area contributed by atoms with Crippen LogP contribution >= 0.6 is 0 Å². The fourth-order valence-corrected chi connectivity index (χ4v) is 2.92. The predicted molar refractivity (Wildman–Crippen MR) is 87.8 cm³/mol. The predicted octanol–water partition coefficient (Wildman–Crippen LogP) is 3.12. The van der Waals surface area contributed by atoms with Gasteiger partial charge in [0.2, 0.25) is 0 Å². The van der Waals surface area contributed by atoms with E-state index in [0.717, 1.165) is 5.56 Å². The first-order chi connectivity index (χ1) is 11.5. The maximum Gasteiger partial charge on any atom is 0.347 e. The van der Waals surface area contributed by atoms with E-state index in [0.29, 0.717) is 6.42 Å². The summed E-state index contributed by atoms with van der Waals surface area (Å²) >= 11 is 0. The van der Waals surface area contributed by atoms with Gasteiger partial charge < -0.3 is 9.47 Å². The maximum atomic E-state index is 12.8. The molecule has 0 heterocycles. The number of nitriles is 1. The smallest absolute Gasteiger partial charge is 0.347 e. The summed E-state index contributed by atoms with van der Waals surface area (Å²) in [6.45, 7) is 3.34. The molecule has 0 spiro atoms. The molecular formula is C19H21NO4. The van der Waals surface area contributed by atoms with Crippen molar-refractivity contribution in [2.45, 2.75) is 38.7 Å². The van der Waals surface area contributed by atoms with Crippen molar-refractivity contribution in [1.82, 2.24) is 0 Å². The van der Waals surface area contributed by atoms with Crippen LogP contribution < -0.4 is 0 Å². The molecule has 0 aliphatic heterocycles. The summed E-state index contributed by atoms with van der Waals surface area (Å²) in [7, 11) is 0. The minimum atomic E-state index is -1.34. The van der Waals surface area contributed by atoms with Crippen LogP contribution in [-0.2, 0) is 19.1 Å². The number of carbonyl (C=O) groups excluding carboxylic acids is 2. The van der Waals surface area contributed by atoms with Crippen LogP contribution in [0.3, 0.4) is 0 Å². The number of hydrogen-bond acceptors (Lipinski definition) is 5. The lowest BCUT2D eigenvalue weighted by atomic mass is 9.67. The number of carbonyl (C=O) groups is 2. The van der Waals surface area contributed by atoms with Gasteiger partial charge in [-0.05, 0) is 32.3 Å². The summed E-state index contributed by atoms with van der Waals surface area (Å²) in [5.74, 6) is -1.60. The van der Waals surface area contributed by atoms with Crippen LogP contribution in [0.15, 0.2) is 42.5 Å². The van der Waals surface area contributed by atoms with Gasteiger partial charge in [0, 0.05) is 5.92 Å². The third-order valence-electron chi connectivity index (χ3n) is 4.24. The molecule has 1 aliphatic carbocycles. The highest BCUT2D eigenvalue weighted by molar-refractivity contribution is 5.85. The average Bonchev–Trinajstić information content (AvgIpc) is 2.62. The molecule has 0 aromatic heterocycles. The lowest BCUT2D eigenvalue weighted by Crippen LogP contribution is -2.41. The summed E-state index contributed by atoms with van der Waals surface area (Å²) in [5.41, 5.74) is -0.430. The number of benzene rings is 1. The molecule has 5 nitrogen and oxygen atoms in total. The minimum Gasteiger partial charge on any atom is -0.463 e. The van der Waals surface area contributed by atoms with Crippen LogP contribution in [0.5, 0.6) is 0 Å². The molecule has 0 N–H and O–H groups in total. The molecule has 0 fully saturated rings. The largest absolute Gasteiger partial charge is 0.463 e. The normalized spacial score (nSPS) is 23.8. The number of nitrogens with zero attached hydrogens (tertiary/aromatic N) is 1. The second-order valence-electron chi connectivity index (χ2n) is 5.76. The number of allylic oxidation sites excluding steroid dienone is 2. The van der Waals surface area contributed by atoms with Crippen LogP contribution in [0.4, 0.5) is 0 Å². The summed E-state index contributed by atoms with van der Waals surface area (Å²) in [6, 6.07) is 11.6. The van der Waals surface area contributed by atoms with Gasteiger partial charge in [-0.25, -0.2) is 4.79 Å². The molecule has 24 heavy (non-hydrogen) atoms.